The number of aliphatic hydroxyl groups is 1. The van der Waals surface area contributed by atoms with Gasteiger partial charge in [-0.05, 0) is 19.3 Å². The van der Waals surface area contributed by atoms with E-state index in [2.05, 4.69) is 14.9 Å². The molecule has 1 aromatic heterocycles. The number of morpholine rings is 1. The molecule has 1 N–H and O–H groups in total. The lowest BCUT2D eigenvalue weighted by Gasteiger charge is -2.33. The second-order valence-corrected chi connectivity index (χ2v) is 7.19. The van der Waals surface area contributed by atoms with Crippen LogP contribution < -0.4 is 0 Å². The lowest BCUT2D eigenvalue weighted by molar-refractivity contribution is -0.0257. The fraction of sp³-hybridized carbons (Fsp3) is 0.706. The maximum atomic E-state index is 12.6. The van der Waals surface area contributed by atoms with E-state index in [1.807, 2.05) is 0 Å². The minimum Gasteiger partial charge on any atom is -0.387 e. The Morgan fingerprint density at radius 3 is 2.62 bits per heavy atom. The largest absolute Gasteiger partial charge is 0.387 e. The van der Waals surface area contributed by atoms with Gasteiger partial charge in [0, 0.05) is 44.5 Å². The van der Waals surface area contributed by atoms with Crippen molar-refractivity contribution in [3.05, 3.63) is 23.8 Å². The van der Waals surface area contributed by atoms with Crippen LogP contribution in [0.15, 0.2) is 12.4 Å². The second-order valence-electron chi connectivity index (χ2n) is 7.19. The van der Waals surface area contributed by atoms with Crippen LogP contribution in [0.1, 0.15) is 41.4 Å². The lowest BCUT2D eigenvalue weighted by atomic mass is 10.0. The quantitative estimate of drug-likeness (QED) is 0.852. The van der Waals surface area contributed by atoms with Crippen molar-refractivity contribution in [1.29, 1.82) is 0 Å². The number of carbonyl (C=O) groups excluding carboxylic acids is 1. The number of rotatable bonds is 4. The third-order valence-corrected chi connectivity index (χ3v) is 5.10. The summed E-state index contributed by atoms with van der Waals surface area (Å²) in [7, 11) is 0. The summed E-state index contributed by atoms with van der Waals surface area (Å²) < 4.78 is 5.34. The molecule has 1 atom stereocenters. The zero-order valence-corrected chi connectivity index (χ0v) is 13.9. The topological polar surface area (TPSA) is 78.8 Å². The average molecular weight is 332 g/mol. The van der Waals surface area contributed by atoms with Gasteiger partial charge in [0.15, 0.2) is 0 Å². The summed E-state index contributed by atoms with van der Waals surface area (Å²) in [5.74, 6) is 1.24. The molecule has 0 radical (unpaired) electrons. The Hall–Kier alpha value is -1.57. The van der Waals surface area contributed by atoms with Crippen molar-refractivity contribution in [2.24, 2.45) is 0 Å². The summed E-state index contributed by atoms with van der Waals surface area (Å²) in [6, 6.07) is 0. The summed E-state index contributed by atoms with van der Waals surface area (Å²) in [5.41, 5.74) is -0.322. The minimum atomic E-state index is -0.832. The van der Waals surface area contributed by atoms with Crippen molar-refractivity contribution < 1.29 is 14.6 Å². The van der Waals surface area contributed by atoms with Crippen LogP contribution in [0.25, 0.3) is 0 Å². The first-order valence-corrected chi connectivity index (χ1v) is 8.77. The van der Waals surface area contributed by atoms with Crippen LogP contribution in [0, 0.1) is 0 Å². The van der Waals surface area contributed by atoms with Crippen LogP contribution in [0.3, 0.4) is 0 Å². The van der Waals surface area contributed by atoms with E-state index < -0.39 is 5.60 Å². The van der Waals surface area contributed by atoms with E-state index >= 15 is 0 Å². The summed E-state index contributed by atoms with van der Waals surface area (Å²) in [4.78, 5) is 25.2. The molecule has 3 heterocycles. The number of nitrogens with zero attached hydrogens (tertiary/aromatic N) is 4. The molecule has 1 aromatic rings. The fourth-order valence-corrected chi connectivity index (χ4v) is 3.52. The van der Waals surface area contributed by atoms with Crippen molar-refractivity contribution in [3.8, 4) is 0 Å². The molecule has 0 bridgehead atoms. The number of hydrogen-bond acceptors (Lipinski definition) is 6. The summed E-state index contributed by atoms with van der Waals surface area (Å²) in [6.45, 7) is 4.64. The fourth-order valence-electron chi connectivity index (χ4n) is 3.52. The van der Waals surface area contributed by atoms with E-state index in [0.29, 0.717) is 50.8 Å². The van der Waals surface area contributed by atoms with Crippen molar-refractivity contribution in [2.45, 2.75) is 30.8 Å². The Bertz CT molecular complexity index is 598. The molecule has 2 aliphatic heterocycles. The Morgan fingerprint density at radius 1 is 1.25 bits per heavy atom. The minimum absolute atomic E-state index is 0.0877. The molecule has 1 aliphatic carbocycles. The van der Waals surface area contributed by atoms with Gasteiger partial charge < -0.3 is 14.7 Å². The number of ether oxygens (including phenoxy) is 1. The number of carbonyl (C=O) groups is 1. The number of aromatic nitrogens is 2. The van der Waals surface area contributed by atoms with Crippen molar-refractivity contribution in [1.82, 2.24) is 19.8 Å². The first-order valence-electron chi connectivity index (χ1n) is 8.77. The highest BCUT2D eigenvalue weighted by Crippen LogP contribution is 2.37. The number of likely N-dealkylation sites (tertiary alicyclic amines) is 1. The van der Waals surface area contributed by atoms with Gasteiger partial charge in [-0.3, -0.25) is 9.69 Å². The zero-order chi connectivity index (χ0) is 16.6. The highest BCUT2D eigenvalue weighted by atomic mass is 16.5. The molecule has 24 heavy (non-hydrogen) atoms. The van der Waals surface area contributed by atoms with Crippen LogP contribution in [-0.2, 0) is 4.74 Å². The van der Waals surface area contributed by atoms with E-state index in [4.69, 9.17) is 4.74 Å². The Morgan fingerprint density at radius 2 is 1.96 bits per heavy atom. The van der Waals surface area contributed by atoms with E-state index in [9.17, 15) is 9.90 Å². The van der Waals surface area contributed by atoms with Gasteiger partial charge in [-0.2, -0.15) is 0 Å². The smallest absolute Gasteiger partial charge is 0.257 e. The molecule has 1 amide bonds. The molecule has 0 unspecified atom stereocenters. The Kier molecular flexibility index (Phi) is 4.24. The van der Waals surface area contributed by atoms with E-state index in [-0.39, 0.29) is 5.91 Å². The van der Waals surface area contributed by atoms with Crippen molar-refractivity contribution >= 4 is 5.91 Å². The van der Waals surface area contributed by atoms with Gasteiger partial charge in [0.25, 0.3) is 5.91 Å². The van der Waals surface area contributed by atoms with E-state index in [0.717, 1.165) is 31.8 Å². The second kappa shape index (κ2) is 6.38. The zero-order valence-electron chi connectivity index (χ0n) is 13.9. The Balaban J connectivity index is 1.37. The normalized spacial score (nSPS) is 28.3. The maximum absolute atomic E-state index is 12.6. The molecule has 130 valence electrons. The molecule has 0 spiro atoms. The highest BCUT2D eigenvalue weighted by Gasteiger charge is 2.40. The van der Waals surface area contributed by atoms with Crippen molar-refractivity contribution in [2.75, 3.05) is 45.9 Å². The first-order chi connectivity index (χ1) is 11.6. The molecular weight excluding hydrogens is 308 g/mol. The molecule has 7 nitrogen and oxygen atoms in total. The summed E-state index contributed by atoms with van der Waals surface area (Å²) in [5, 5.41) is 10.8. The Labute approximate surface area is 141 Å². The lowest BCUT2D eigenvalue weighted by Crippen LogP contribution is -2.49. The molecule has 4 rings (SSSR count). The SMILES string of the molecule is O=C(c1cnc(C2CC2)nc1)N1CC[C@](O)(CN2CCOCC2)C1. The predicted molar refractivity (Wildman–Crippen MR) is 86.7 cm³/mol. The van der Waals surface area contributed by atoms with Gasteiger partial charge in [-0.1, -0.05) is 0 Å². The van der Waals surface area contributed by atoms with Crippen molar-refractivity contribution in [3.63, 3.8) is 0 Å². The third-order valence-electron chi connectivity index (χ3n) is 5.10. The van der Waals surface area contributed by atoms with Gasteiger partial charge in [-0.25, -0.2) is 9.97 Å². The van der Waals surface area contributed by atoms with E-state index in [1.54, 1.807) is 17.3 Å². The molecule has 7 heteroatoms. The highest BCUT2D eigenvalue weighted by molar-refractivity contribution is 5.93. The molecule has 3 aliphatic rings. The van der Waals surface area contributed by atoms with Gasteiger partial charge >= 0.3 is 0 Å². The van der Waals surface area contributed by atoms with Gasteiger partial charge in [0.1, 0.15) is 5.82 Å². The summed E-state index contributed by atoms with van der Waals surface area (Å²) in [6.07, 6.45) is 6.16. The molecule has 0 aromatic carbocycles. The number of amides is 1. The molecule has 1 saturated carbocycles. The maximum Gasteiger partial charge on any atom is 0.257 e. The average Bonchev–Trinajstić information content (AvgIpc) is 3.38. The number of β-amino-alcohol motifs (C(OH)–C–C–N with tert-alkyl or cyclic N) is 1. The van der Waals surface area contributed by atoms with Crippen LogP contribution in [0.5, 0.6) is 0 Å². The van der Waals surface area contributed by atoms with Gasteiger partial charge in [-0.15, -0.1) is 0 Å². The van der Waals surface area contributed by atoms with Crippen LogP contribution in [0.2, 0.25) is 0 Å². The number of hydrogen-bond donors (Lipinski definition) is 1. The first kappa shape index (κ1) is 15.9. The van der Waals surface area contributed by atoms with Crippen LogP contribution >= 0.6 is 0 Å². The van der Waals surface area contributed by atoms with Gasteiger partial charge in [0.2, 0.25) is 0 Å². The van der Waals surface area contributed by atoms with E-state index in [1.165, 1.54) is 0 Å². The van der Waals surface area contributed by atoms with Gasteiger partial charge in [0.05, 0.1) is 30.9 Å². The molecule has 2 saturated heterocycles. The summed E-state index contributed by atoms with van der Waals surface area (Å²) >= 11 is 0. The van der Waals surface area contributed by atoms with Crippen LogP contribution in [-0.4, -0.2) is 82.3 Å². The van der Waals surface area contributed by atoms with Crippen LogP contribution in [0.4, 0.5) is 0 Å². The third kappa shape index (κ3) is 3.43. The predicted octanol–water partition coefficient (Wildman–Crippen LogP) is 0.263. The standard InChI is InChI=1S/C17H24N4O3/c22-16(14-9-18-15(19-10-14)13-1-2-13)21-4-3-17(23,12-21)11-20-5-7-24-8-6-20/h9-10,13,23H,1-8,11-12H2/t17-/m0/s1. The molecular formula is C17H24N4O3. The monoisotopic (exact) mass is 332 g/mol. The molecule has 3 fully saturated rings.